The maximum atomic E-state index is 8.74. The van der Waals surface area contributed by atoms with E-state index in [4.69, 9.17) is 10.9 Å². The molecule has 0 unspecified atom stereocenters. The predicted molar refractivity (Wildman–Crippen MR) is 70.2 cm³/mol. The van der Waals surface area contributed by atoms with Crippen molar-refractivity contribution in [3.8, 4) is 0 Å². The van der Waals surface area contributed by atoms with Crippen LogP contribution in [0, 0.1) is 5.41 Å². The van der Waals surface area contributed by atoms with Gasteiger partial charge in [-0.25, -0.2) is 0 Å². The largest absolute Gasteiger partial charge is 0.409 e. The van der Waals surface area contributed by atoms with E-state index in [1.807, 2.05) is 11.8 Å². The summed E-state index contributed by atoms with van der Waals surface area (Å²) in [5.74, 6) is 1.62. The fraction of sp³-hybridized carbons (Fsp3) is 0.909. The lowest BCUT2D eigenvalue weighted by molar-refractivity contribution is 0.160. The van der Waals surface area contributed by atoms with E-state index in [0.29, 0.717) is 5.84 Å². The Morgan fingerprint density at radius 3 is 2.62 bits per heavy atom. The maximum Gasteiger partial charge on any atom is 0.145 e. The molecule has 5 heteroatoms. The zero-order chi connectivity index (χ0) is 12.0. The van der Waals surface area contributed by atoms with Crippen molar-refractivity contribution in [1.29, 1.82) is 0 Å². The number of rotatable bonds is 5. The van der Waals surface area contributed by atoms with Gasteiger partial charge in [0.25, 0.3) is 0 Å². The third kappa shape index (κ3) is 3.56. The molecule has 1 rings (SSSR count). The molecular weight excluding hydrogens is 222 g/mol. The normalized spacial score (nSPS) is 22.2. The molecule has 1 aliphatic rings. The van der Waals surface area contributed by atoms with Gasteiger partial charge in [0.1, 0.15) is 5.84 Å². The average molecular weight is 245 g/mol. The van der Waals surface area contributed by atoms with Crippen molar-refractivity contribution >= 4 is 17.6 Å². The molecule has 3 N–H and O–H groups in total. The van der Waals surface area contributed by atoms with Crippen LogP contribution in [-0.2, 0) is 0 Å². The number of hydrogen-bond acceptors (Lipinski definition) is 4. The minimum absolute atomic E-state index is 0.106. The van der Waals surface area contributed by atoms with Crippen LogP contribution in [0.3, 0.4) is 0 Å². The molecule has 0 aliphatic carbocycles. The molecule has 0 spiro atoms. The topological polar surface area (TPSA) is 61.8 Å². The second kappa shape index (κ2) is 6.35. The van der Waals surface area contributed by atoms with Gasteiger partial charge < -0.3 is 15.8 Å². The van der Waals surface area contributed by atoms with Crippen LogP contribution in [0.2, 0.25) is 0 Å². The molecule has 4 nitrogen and oxygen atoms in total. The number of hydrogen-bond donors (Lipinski definition) is 2. The van der Waals surface area contributed by atoms with Crippen LogP contribution in [0.4, 0.5) is 0 Å². The molecule has 1 saturated heterocycles. The molecule has 0 aromatic carbocycles. The minimum Gasteiger partial charge on any atom is -0.409 e. The van der Waals surface area contributed by atoms with Crippen molar-refractivity contribution < 1.29 is 5.21 Å². The van der Waals surface area contributed by atoms with Crippen molar-refractivity contribution in [3.05, 3.63) is 0 Å². The number of piperidine rings is 1. The van der Waals surface area contributed by atoms with Crippen molar-refractivity contribution in [2.75, 3.05) is 31.6 Å². The van der Waals surface area contributed by atoms with Crippen LogP contribution in [0.15, 0.2) is 5.16 Å². The first-order chi connectivity index (χ1) is 7.62. The highest BCUT2D eigenvalue weighted by molar-refractivity contribution is 7.98. The lowest BCUT2D eigenvalue weighted by atomic mass is 9.79. The monoisotopic (exact) mass is 245 g/mol. The Labute approximate surface area is 102 Å². The van der Waals surface area contributed by atoms with Crippen molar-refractivity contribution in [2.45, 2.75) is 26.2 Å². The Morgan fingerprint density at radius 2 is 2.12 bits per heavy atom. The summed E-state index contributed by atoms with van der Waals surface area (Å²) in [6, 6.07) is 0. The smallest absolute Gasteiger partial charge is 0.145 e. The van der Waals surface area contributed by atoms with E-state index in [2.05, 4.69) is 23.2 Å². The van der Waals surface area contributed by atoms with E-state index in [1.54, 1.807) is 0 Å². The fourth-order valence-electron chi connectivity index (χ4n) is 2.08. The molecule has 16 heavy (non-hydrogen) atoms. The molecule has 1 heterocycles. The van der Waals surface area contributed by atoms with Crippen LogP contribution >= 0.6 is 11.8 Å². The van der Waals surface area contributed by atoms with Crippen LogP contribution in [0.25, 0.3) is 0 Å². The molecule has 0 radical (unpaired) electrons. The van der Waals surface area contributed by atoms with E-state index in [1.165, 1.54) is 18.7 Å². The highest BCUT2D eigenvalue weighted by Crippen LogP contribution is 2.30. The Hall–Kier alpha value is -0.420. The summed E-state index contributed by atoms with van der Waals surface area (Å²) in [6.45, 7) is 5.37. The Balaban J connectivity index is 2.33. The number of likely N-dealkylation sites (tertiary alicyclic amines) is 1. The van der Waals surface area contributed by atoms with Gasteiger partial charge in [-0.3, -0.25) is 0 Å². The quantitative estimate of drug-likeness (QED) is 0.254. The van der Waals surface area contributed by atoms with Gasteiger partial charge in [0.2, 0.25) is 0 Å². The van der Waals surface area contributed by atoms with E-state index in [9.17, 15) is 0 Å². The summed E-state index contributed by atoms with van der Waals surface area (Å²) in [4.78, 5) is 2.47. The standard InChI is InChI=1S/C11H23N3OS/c1-11(10(12)13-15)4-7-14(8-5-11)6-3-9-16-2/h15H,3-9H2,1-2H3,(H2,12,13). The van der Waals surface area contributed by atoms with Gasteiger partial charge in [-0.2, -0.15) is 11.8 Å². The molecule has 0 saturated carbocycles. The minimum atomic E-state index is -0.106. The average Bonchev–Trinajstić information content (AvgIpc) is 2.31. The first kappa shape index (κ1) is 13.6. The number of nitrogens with zero attached hydrogens (tertiary/aromatic N) is 2. The highest BCUT2D eigenvalue weighted by Gasteiger charge is 2.33. The third-order valence-electron chi connectivity index (χ3n) is 3.51. The Bertz CT molecular complexity index is 237. The Morgan fingerprint density at radius 1 is 1.50 bits per heavy atom. The van der Waals surface area contributed by atoms with Crippen molar-refractivity contribution in [1.82, 2.24) is 4.90 Å². The zero-order valence-electron chi connectivity index (χ0n) is 10.3. The summed E-state index contributed by atoms with van der Waals surface area (Å²) in [5, 5.41) is 11.9. The summed E-state index contributed by atoms with van der Waals surface area (Å²) in [7, 11) is 0. The summed E-state index contributed by atoms with van der Waals surface area (Å²) < 4.78 is 0. The van der Waals surface area contributed by atoms with Crippen LogP contribution in [0.1, 0.15) is 26.2 Å². The number of oxime groups is 1. The maximum absolute atomic E-state index is 8.74. The molecular formula is C11H23N3OS. The van der Waals surface area contributed by atoms with Gasteiger partial charge in [-0.15, -0.1) is 0 Å². The number of thioether (sulfide) groups is 1. The van der Waals surface area contributed by atoms with Gasteiger partial charge in [0.15, 0.2) is 0 Å². The molecule has 0 aromatic rings. The van der Waals surface area contributed by atoms with Gasteiger partial charge in [-0.1, -0.05) is 12.1 Å². The SMILES string of the molecule is CSCCCN1CCC(C)(C(N)=NO)CC1. The second-order valence-corrected chi connectivity index (χ2v) is 5.72. The van der Waals surface area contributed by atoms with E-state index in [0.717, 1.165) is 25.9 Å². The summed E-state index contributed by atoms with van der Waals surface area (Å²) in [6.07, 6.45) is 5.37. The highest BCUT2D eigenvalue weighted by atomic mass is 32.2. The van der Waals surface area contributed by atoms with E-state index in [-0.39, 0.29) is 5.41 Å². The molecule has 94 valence electrons. The predicted octanol–water partition coefficient (Wildman–Crippen LogP) is 1.59. The lowest BCUT2D eigenvalue weighted by Gasteiger charge is -2.38. The number of nitrogens with two attached hydrogens (primary N) is 1. The second-order valence-electron chi connectivity index (χ2n) is 4.73. The number of amidine groups is 1. The van der Waals surface area contributed by atoms with Crippen molar-refractivity contribution in [3.63, 3.8) is 0 Å². The summed E-state index contributed by atoms with van der Waals surface area (Å²) in [5.41, 5.74) is 5.62. The first-order valence-corrected chi connectivity index (χ1v) is 7.21. The van der Waals surface area contributed by atoms with Gasteiger partial charge in [0.05, 0.1) is 0 Å². The fourth-order valence-corrected chi connectivity index (χ4v) is 2.50. The molecule has 0 bridgehead atoms. The molecule has 0 amide bonds. The molecule has 1 fully saturated rings. The summed E-state index contributed by atoms with van der Waals surface area (Å²) >= 11 is 1.90. The van der Waals surface area contributed by atoms with Gasteiger partial charge in [-0.05, 0) is 50.9 Å². The zero-order valence-corrected chi connectivity index (χ0v) is 11.1. The molecule has 0 aromatic heterocycles. The Kier molecular flexibility index (Phi) is 5.41. The van der Waals surface area contributed by atoms with Crippen molar-refractivity contribution in [2.24, 2.45) is 16.3 Å². The molecule has 0 atom stereocenters. The van der Waals surface area contributed by atoms with Gasteiger partial charge >= 0.3 is 0 Å². The van der Waals surface area contributed by atoms with Crippen LogP contribution < -0.4 is 5.73 Å². The van der Waals surface area contributed by atoms with E-state index < -0.39 is 0 Å². The van der Waals surface area contributed by atoms with E-state index >= 15 is 0 Å². The first-order valence-electron chi connectivity index (χ1n) is 5.81. The third-order valence-corrected chi connectivity index (χ3v) is 4.21. The molecule has 1 aliphatic heterocycles. The van der Waals surface area contributed by atoms with Crippen LogP contribution in [0.5, 0.6) is 0 Å². The lowest BCUT2D eigenvalue weighted by Crippen LogP contribution is -2.45. The van der Waals surface area contributed by atoms with Crippen LogP contribution in [-0.4, -0.2) is 47.6 Å². The van der Waals surface area contributed by atoms with Gasteiger partial charge in [0, 0.05) is 5.41 Å².